The fraction of sp³-hybridized carbons (Fsp3) is 1.00. The summed E-state index contributed by atoms with van der Waals surface area (Å²) in [5, 5.41) is 55.9. The SMILES string of the molecule is OCCN1[C@H](CO)[C@H](O)C(O)[C@@H](O)[C@@H]1CO. The van der Waals surface area contributed by atoms with E-state index >= 15 is 0 Å². The van der Waals surface area contributed by atoms with Gasteiger partial charge in [-0.25, -0.2) is 0 Å². The molecule has 0 amide bonds. The van der Waals surface area contributed by atoms with Crippen molar-refractivity contribution in [1.29, 1.82) is 0 Å². The molecule has 0 aliphatic carbocycles. The van der Waals surface area contributed by atoms with Crippen LogP contribution in [0.3, 0.4) is 0 Å². The number of likely N-dealkylation sites (tertiary alicyclic amines) is 1. The third-order valence-electron chi connectivity index (χ3n) is 3.07. The summed E-state index contributed by atoms with van der Waals surface area (Å²) >= 11 is 0. The predicted molar refractivity (Wildman–Crippen MR) is 53.6 cm³/mol. The average Bonchev–Trinajstić information content (AvgIpc) is 2.28. The van der Waals surface area contributed by atoms with E-state index in [4.69, 9.17) is 15.3 Å². The minimum Gasteiger partial charge on any atom is -0.395 e. The first-order valence-electron chi connectivity index (χ1n) is 5.21. The molecule has 6 N–H and O–H groups in total. The van der Waals surface area contributed by atoms with E-state index in [1.54, 1.807) is 0 Å². The van der Waals surface area contributed by atoms with E-state index in [9.17, 15) is 15.3 Å². The van der Waals surface area contributed by atoms with E-state index < -0.39 is 43.6 Å². The highest BCUT2D eigenvalue weighted by atomic mass is 16.4. The highest BCUT2D eigenvalue weighted by Crippen LogP contribution is 2.23. The molecule has 96 valence electrons. The fourth-order valence-corrected chi connectivity index (χ4v) is 2.17. The molecule has 0 radical (unpaired) electrons. The van der Waals surface area contributed by atoms with Crippen molar-refractivity contribution in [3.8, 4) is 0 Å². The molecule has 1 aliphatic heterocycles. The molecule has 1 rings (SSSR count). The van der Waals surface area contributed by atoms with Gasteiger partial charge in [0.1, 0.15) is 18.3 Å². The maximum Gasteiger partial charge on any atom is 0.109 e. The Labute approximate surface area is 93.2 Å². The molecular weight excluding hydrogens is 218 g/mol. The Morgan fingerprint density at radius 3 is 1.50 bits per heavy atom. The van der Waals surface area contributed by atoms with Gasteiger partial charge in [-0.15, -0.1) is 0 Å². The zero-order valence-electron chi connectivity index (χ0n) is 8.85. The molecule has 7 heteroatoms. The average molecular weight is 237 g/mol. The fourth-order valence-electron chi connectivity index (χ4n) is 2.17. The number of β-amino-alcohol motifs (C(OH)–C–C–N with tert-alkyl or cyclic N) is 1. The first kappa shape index (κ1) is 13.8. The standard InChI is InChI=1S/C9H19NO6/c11-2-1-10-5(3-12)7(14)9(16)8(15)6(10)4-13/h5-9,11-16H,1-4H2/t5-,6+,7-,8-,9?/m0/s1. The summed E-state index contributed by atoms with van der Waals surface area (Å²) in [6, 6.07) is -1.61. The van der Waals surface area contributed by atoms with Crippen LogP contribution in [0.15, 0.2) is 0 Å². The molecule has 16 heavy (non-hydrogen) atoms. The Kier molecular flexibility index (Phi) is 5.06. The van der Waals surface area contributed by atoms with Gasteiger partial charge in [0.15, 0.2) is 0 Å². The van der Waals surface area contributed by atoms with Crippen molar-refractivity contribution in [3.05, 3.63) is 0 Å². The van der Waals surface area contributed by atoms with E-state index in [0.717, 1.165) is 0 Å². The van der Waals surface area contributed by atoms with Crippen LogP contribution in [0, 0.1) is 0 Å². The summed E-state index contributed by atoms with van der Waals surface area (Å²) in [6.07, 6.45) is -4.03. The molecule has 5 atom stereocenters. The monoisotopic (exact) mass is 237 g/mol. The van der Waals surface area contributed by atoms with Gasteiger partial charge < -0.3 is 30.6 Å². The summed E-state index contributed by atoms with van der Waals surface area (Å²) in [5.41, 5.74) is 0. The Morgan fingerprint density at radius 1 is 0.750 bits per heavy atom. The van der Waals surface area contributed by atoms with E-state index in [1.165, 1.54) is 4.90 Å². The van der Waals surface area contributed by atoms with Gasteiger partial charge in [-0.3, -0.25) is 4.90 Å². The predicted octanol–water partition coefficient (Wildman–Crippen LogP) is -3.90. The summed E-state index contributed by atoms with van der Waals surface area (Å²) in [5.74, 6) is 0. The van der Waals surface area contributed by atoms with Crippen LogP contribution >= 0.6 is 0 Å². The quantitative estimate of drug-likeness (QED) is 0.295. The van der Waals surface area contributed by atoms with Gasteiger partial charge in [0.25, 0.3) is 0 Å². The van der Waals surface area contributed by atoms with Gasteiger partial charge in [-0.05, 0) is 0 Å². The molecule has 7 nitrogen and oxygen atoms in total. The summed E-state index contributed by atoms with van der Waals surface area (Å²) in [6.45, 7) is -0.997. The third kappa shape index (κ3) is 2.35. The van der Waals surface area contributed by atoms with E-state index in [0.29, 0.717) is 0 Å². The second-order valence-electron chi connectivity index (χ2n) is 3.93. The first-order valence-corrected chi connectivity index (χ1v) is 5.21. The van der Waals surface area contributed by atoms with Crippen LogP contribution in [-0.2, 0) is 0 Å². The largest absolute Gasteiger partial charge is 0.395 e. The maximum absolute atomic E-state index is 9.64. The Morgan fingerprint density at radius 2 is 1.19 bits per heavy atom. The zero-order valence-corrected chi connectivity index (χ0v) is 8.85. The highest BCUT2D eigenvalue weighted by molar-refractivity contribution is 4.99. The summed E-state index contributed by atoms with van der Waals surface area (Å²) in [4.78, 5) is 1.40. The number of piperidine rings is 1. The van der Waals surface area contributed by atoms with Gasteiger partial charge in [0.2, 0.25) is 0 Å². The lowest BCUT2D eigenvalue weighted by Crippen LogP contribution is -2.68. The van der Waals surface area contributed by atoms with Gasteiger partial charge in [0.05, 0.1) is 31.9 Å². The highest BCUT2D eigenvalue weighted by Gasteiger charge is 2.46. The maximum atomic E-state index is 9.64. The molecule has 0 saturated carbocycles. The van der Waals surface area contributed by atoms with Crippen molar-refractivity contribution < 1.29 is 30.6 Å². The van der Waals surface area contributed by atoms with Crippen molar-refractivity contribution in [1.82, 2.24) is 4.90 Å². The molecule has 0 bridgehead atoms. The number of nitrogens with zero attached hydrogens (tertiary/aromatic N) is 1. The molecule has 1 fully saturated rings. The number of hydrogen-bond donors (Lipinski definition) is 6. The number of aliphatic hydroxyl groups is 6. The van der Waals surface area contributed by atoms with Crippen molar-refractivity contribution >= 4 is 0 Å². The first-order chi connectivity index (χ1) is 7.58. The van der Waals surface area contributed by atoms with Gasteiger partial charge >= 0.3 is 0 Å². The van der Waals surface area contributed by atoms with Crippen LogP contribution in [0.25, 0.3) is 0 Å². The molecule has 0 aromatic carbocycles. The van der Waals surface area contributed by atoms with Crippen molar-refractivity contribution in [2.75, 3.05) is 26.4 Å². The smallest absolute Gasteiger partial charge is 0.109 e. The Hall–Kier alpha value is -0.280. The van der Waals surface area contributed by atoms with Gasteiger partial charge in [-0.1, -0.05) is 0 Å². The molecule has 0 aromatic heterocycles. The molecule has 0 spiro atoms. The lowest BCUT2D eigenvalue weighted by Gasteiger charge is -2.47. The summed E-state index contributed by atoms with van der Waals surface area (Å²) in [7, 11) is 0. The summed E-state index contributed by atoms with van der Waals surface area (Å²) < 4.78 is 0. The van der Waals surface area contributed by atoms with E-state index in [-0.39, 0.29) is 13.2 Å². The topological polar surface area (TPSA) is 125 Å². The van der Waals surface area contributed by atoms with Gasteiger partial charge in [0, 0.05) is 6.54 Å². The Balaban J connectivity index is 2.88. The van der Waals surface area contributed by atoms with Crippen LogP contribution in [0.1, 0.15) is 0 Å². The van der Waals surface area contributed by atoms with Crippen LogP contribution in [0.5, 0.6) is 0 Å². The van der Waals surface area contributed by atoms with Crippen LogP contribution in [-0.4, -0.2) is 92.3 Å². The van der Waals surface area contributed by atoms with Crippen molar-refractivity contribution in [3.63, 3.8) is 0 Å². The number of rotatable bonds is 4. The minimum absolute atomic E-state index is 0.0945. The second-order valence-corrected chi connectivity index (χ2v) is 3.93. The van der Waals surface area contributed by atoms with Crippen LogP contribution < -0.4 is 0 Å². The second kappa shape index (κ2) is 5.87. The Bertz CT molecular complexity index is 198. The van der Waals surface area contributed by atoms with Crippen molar-refractivity contribution in [2.24, 2.45) is 0 Å². The van der Waals surface area contributed by atoms with E-state index in [1.807, 2.05) is 0 Å². The number of aliphatic hydroxyl groups excluding tert-OH is 6. The molecule has 1 aliphatic rings. The lowest BCUT2D eigenvalue weighted by atomic mass is 9.88. The van der Waals surface area contributed by atoms with Crippen LogP contribution in [0.4, 0.5) is 0 Å². The molecule has 1 heterocycles. The minimum atomic E-state index is -1.41. The van der Waals surface area contributed by atoms with Crippen molar-refractivity contribution in [2.45, 2.75) is 30.4 Å². The number of hydrogen-bond acceptors (Lipinski definition) is 7. The normalized spacial score (nSPS) is 41.2. The zero-order chi connectivity index (χ0) is 12.3. The molecule has 1 saturated heterocycles. The molecular formula is C9H19NO6. The molecule has 0 aromatic rings. The van der Waals surface area contributed by atoms with Gasteiger partial charge in [-0.2, -0.15) is 0 Å². The molecule has 1 unspecified atom stereocenters. The third-order valence-corrected chi connectivity index (χ3v) is 3.07. The van der Waals surface area contributed by atoms with Crippen LogP contribution in [0.2, 0.25) is 0 Å². The van der Waals surface area contributed by atoms with E-state index in [2.05, 4.69) is 0 Å². The lowest BCUT2D eigenvalue weighted by molar-refractivity contribution is -0.179.